The first-order valence-electron chi connectivity index (χ1n) is 3.35. The molecule has 0 radical (unpaired) electrons. The molecule has 11 heavy (non-hydrogen) atoms. The Hall–Kier alpha value is -0.960. The van der Waals surface area contributed by atoms with Crippen molar-refractivity contribution in [1.82, 2.24) is 0 Å². The summed E-state index contributed by atoms with van der Waals surface area (Å²) in [6.45, 7) is 1.81. The molecule has 1 aliphatic rings. The first-order chi connectivity index (χ1) is 5.18. The lowest BCUT2D eigenvalue weighted by molar-refractivity contribution is 0.101. The van der Waals surface area contributed by atoms with Gasteiger partial charge in [0.1, 0.15) is 5.76 Å². The Bertz CT molecular complexity index is 317. The Morgan fingerprint density at radius 3 is 3.00 bits per heavy atom. The SMILES string of the molecule is Cc1cc2c(o1)C(=S)CC2=O. The maximum atomic E-state index is 11.1. The Labute approximate surface area is 69.2 Å². The smallest absolute Gasteiger partial charge is 0.172 e. The molecule has 1 heterocycles. The lowest BCUT2D eigenvalue weighted by Gasteiger charge is -1.85. The summed E-state index contributed by atoms with van der Waals surface area (Å²) in [6, 6.07) is 1.75. The number of carbonyl (C=O) groups is 1. The fourth-order valence-corrected chi connectivity index (χ4v) is 1.53. The van der Waals surface area contributed by atoms with E-state index in [1.54, 1.807) is 6.07 Å². The summed E-state index contributed by atoms with van der Waals surface area (Å²) >= 11 is 4.95. The maximum Gasteiger partial charge on any atom is 0.172 e. The molecular formula is C8H6O2S. The maximum absolute atomic E-state index is 11.1. The summed E-state index contributed by atoms with van der Waals surface area (Å²) in [6.07, 6.45) is 0.351. The molecule has 0 saturated heterocycles. The summed E-state index contributed by atoms with van der Waals surface area (Å²) < 4.78 is 5.25. The first-order valence-corrected chi connectivity index (χ1v) is 3.76. The Balaban J connectivity index is 2.67. The van der Waals surface area contributed by atoms with Crippen molar-refractivity contribution < 1.29 is 9.21 Å². The van der Waals surface area contributed by atoms with Crippen LogP contribution in [0.1, 0.15) is 28.3 Å². The van der Waals surface area contributed by atoms with Crippen LogP contribution >= 0.6 is 12.2 Å². The van der Waals surface area contributed by atoms with Crippen molar-refractivity contribution in [3.8, 4) is 0 Å². The summed E-state index contributed by atoms with van der Waals surface area (Å²) in [7, 11) is 0. The molecule has 0 spiro atoms. The molecule has 0 aromatic carbocycles. The van der Waals surface area contributed by atoms with Crippen LogP contribution in [0.5, 0.6) is 0 Å². The molecule has 1 aromatic heterocycles. The fraction of sp³-hybridized carbons (Fsp3) is 0.250. The molecular weight excluding hydrogens is 160 g/mol. The number of aryl methyl sites for hydroxylation is 1. The number of hydrogen-bond donors (Lipinski definition) is 0. The second kappa shape index (κ2) is 2.01. The Morgan fingerprint density at radius 2 is 2.36 bits per heavy atom. The highest BCUT2D eigenvalue weighted by molar-refractivity contribution is 7.81. The second-order valence-corrected chi connectivity index (χ2v) is 3.12. The van der Waals surface area contributed by atoms with E-state index < -0.39 is 0 Å². The van der Waals surface area contributed by atoms with E-state index >= 15 is 0 Å². The molecule has 56 valence electrons. The van der Waals surface area contributed by atoms with E-state index in [2.05, 4.69) is 0 Å². The molecule has 0 unspecified atom stereocenters. The predicted molar refractivity (Wildman–Crippen MR) is 44.1 cm³/mol. The van der Waals surface area contributed by atoms with Crippen LogP contribution in [-0.2, 0) is 0 Å². The van der Waals surface area contributed by atoms with E-state index in [0.717, 1.165) is 5.76 Å². The highest BCUT2D eigenvalue weighted by atomic mass is 32.1. The van der Waals surface area contributed by atoms with Gasteiger partial charge in [0, 0.05) is 0 Å². The summed E-state index contributed by atoms with van der Waals surface area (Å²) in [5.41, 5.74) is 0.660. The second-order valence-electron chi connectivity index (χ2n) is 2.62. The van der Waals surface area contributed by atoms with Crippen LogP contribution < -0.4 is 0 Å². The summed E-state index contributed by atoms with van der Waals surface area (Å²) in [5.74, 6) is 1.45. The fourth-order valence-electron chi connectivity index (χ4n) is 1.25. The normalized spacial score (nSPS) is 15.7. The van der Waals surface area contributed by atoms with Gasteiger partial charge >= 0.3 is 0 Å². The minimum Gasteiger partial charge on any atom is -0.460 e. The van der Waals surface area contributed by atoms with Gasteiger partial charge in [0.15, 0.2) is 11.5 Å². The van der Waals surface area contributed by atoms with E-state index in [0.29, 0.717) is 22.6 Å². The average Bonchev–Trinajstić information content (AvgIpc) is 2.38. The van der Waals surface area contributed by atoms with Crippen molar-refractivity contribution in [1.29, 1.82) is 0 Å². The zero-order chi connectivity index (χ0) is 8.01. The minimum atomic E-state index is 0.0850. The topological polar surface area (TPSA) is 30.2 Å². The predicted octanol–water partition coefficient (Wildman–Crippen LogP) is 1.89. The molecule has 2 nitrogen and oxygen atoms in total. The van der Waals surface area contributed by atoms with Gasteiger partial charge in [-0.15, -0.1) is 0 Å². The van der Waals surface area contributed by atoms with Gasteiger partial charge in [-0.1, -0.05) is 12.2 Å². The van der Waals surface area contributed by atoms with E-state index in [-0.39, 0.29) is 5.78 Å². The van der Waals surface area contributed by atoms with Gasteiger partial charge in [0.2, 0.25) is 0 Å². The highest BCUT2D eigenvalue weighted by Gasteiger charge is 2.28. The first kappa shape index (κ1) is 6.73. The van der Waals surface area contributed by atoms with Crippen molar-refractivity contribution >= 4 is 22.9 Å². The molecule has 0 aliphatic heterocycles. The lowest BCUT2D eigenvalue weighted by Crippen LogP contribution is -1.91. The largest absolute Gasteiger partial charge is 0.460 e. The molecule has 1 aliphatic carbocycles. The molecule has 0 bridgehead atoms. The Morgan fingerprint density at radius 1 is 1.64 bits per heavy atom. The highest BCUT2D eigenvalue weighted by Crippen LogP contribution is 2.25. The number of ketones is 1. The van der Waals surface area contributed by atoms with E-state index in [1.165, 1.54) is 0 Å². The molecule has 0 N–H and O–H groups in total. The van der Waals surface area contributed by atoms with Crippen LogP contribution in [0.4, 0.5) is 0 Å². The third-order valence-corrected chi connectivity index (χ3v) is 2.06. The monoisotopic (exact) mass is 166 g/mol. The van der Waals surface area contributed by atoms with Gasteiger partial charge in [-0.25, -0.2) is 0 Å². The summed E-state index contributed by atoms with van der Waals surface area (Å²) in [4.78, 5) is 11.8. The van der Waals surface area contributed by atoms with Crippen molar-refractivity contribution in [3.63, 3.8) is 0 Å². The van der Waals surface area contributed by atoms with Gasteiger partial charge in [0.25, 0.3) is 0 Å². The van der Waals surface area contributed by atoms with E-state index in [4.69, 9.17) is 16.6 Å². The number of carbonyl (C=O) groups excluding carboxylic acids is 1. The van der Waals surface area contributed by atoms with E-state index in [1.807, 2.05) is 6.92 Å². The third kappa shape index (κ3) is 0.844. The van der Waals surface area contributed by atoms with Crippen LogP contribution in [0.2, 0.25) is 0 Å². The molecule has 1 aromatic rings. The lowest BCUT2D eigenvalue weighted by atomic mass is 10.2. The van der Waals surface area contributed by atoms with Crippen LogP contribution in [-0.4, -0.2) is 10.6 Å². The van der Waals surface area contributed by atoms with Crippen LogP contribution in [0.25, 0.3) is 0 Å². The van der Waals surface area contributed by atoms with Gasteiger partial charge in [-0.2, -0.15) is 0 Å². The Kier molecular flexibility index (Phi) is 1.23. The van der Waals surface area contributed by atoms with Gasteiger partial charge < -0.3 is 4.42 Å². The van der Waals surface area contributed by atoms with Crippen LogP contribution in [0, 0.1) is 6.92 Å². The number of rotatable bonds is 0. The van der Waals surface area contributed by atoms with Crippen molar-refractivity contribution in [3.05, 3.63) is 23.2 Å². The number of thiocarbonyl (C=S) groups is 1. The molecule has 0 saturated carbocycles. The van der Waals surface area contributed by atoms with Gasteiger partial charge in [0.05, 0.1) is 16.8 Å². The molecule has 0 fully saturated rings. The van der Waals surface area contributed by atoms with Gasteiger partial charge in [-0.05, 0) is 13.0 Å². The molecule has 2 rings (SSSR count). The summed E-state index contributed by atoms with van der Waals surface area (Å²) in [5, 5.41) is 0. The third-order valence-electron chi connectivity index (χ3n) is 1.73. The average molecular weight is 166 g/mol. The van der Waals surface area contributed by atoms with Crippen molar-refractivity contribution in [2.45, 2.75) is 13.3 Å². The minimum absolute atomic E-state index is 0.0850. The van der Waals surface area contributed by atoms with Crippen LogP contribution in [0.15, 0.2) is 10.5 Å². The van der Waals surface area contributed by atoms with Crippen LogP contribution in [0.3, 0.4) is 0 Å². The standard InChI is InChI=1S/C8H6O2S/c1-4-2-5-6(9)3-7(11)8(5)10-4/h2H,3H2,1H3. The molecule has 3 heteroatoms. The van der Waals surface area contributed by atoms with Crippen molar-refractivity contribution in [2.75, 3.05) is 0 Å². The number of Topliss-reactive ketones (excluding diaryl/α,β-unsaturated/α-hetero) is 1. The van der Waals surface area contributed by atoms with E-state index in [9.17, 15) is 4.79 Å². The molecule has 0 atom stereocenters. The number of hydrogen-bond acceptors (Lipinski definition) is 3. The zero-order valence-corrected chi connectivity index (χ0v) is 6.83. The number of fused-ring (bicyclic) bond motifs is 1. The quantitative estimate of drug-likeness (QED) is 0.551. The zero-order valence-electron chi connectivity index (χ0n) is 6.01. The number of furan rings is 1. The van der Waals surface area contributed by atoms with Gasteiger partial charge in [-0.3, -0.25) is 4.79 Å². The molecule has 0 amide bonds. The van der Waals surface area contributed by atoms with Crippen molar-refractivity contribution in [2.24, 2.45) is 0 Å².